The lowest BCUT2D eigenvalue weighted by atomic mass is 10.1. The summed E-state index contributed by atoms with van der Waals surface area (Å²) in [5.41, 5.74) is 2.29. The molecule has 6 heteroatoms. The monoisotopic (exact) mass is 339 g/mol. The first-order chi connectivity index (χ1) is 9.54. The SMILES string of the molecule is CN1CCC(NC(=O)c2cc3oc(Br)cc3n2C)CC1. The van der Waals surface area contributed by atoms with Gasteiger partial charge in [-0.15, -0.1) is 0 Å². The van der Waals surface area contributed by atoms with Gasteiger partial charge in [-0.05, 0) is 48.9 Å². The van der Waals surface area contributed by atoms with E-state index in [-0.39, 0.29) is 11.9 Å². The van der Waals surface area contributed by atoms with Crippen molar-refractivity contribution in [2.45, 2.75) is 18.9 Å². The molecule has 2 aromatic heterocycles. The lowest BCUT2D eigenvalue weighted by Crippen LogP contribution is -2.43. The van der Waals surface area contributed by atoms with Crippen LogP contribution in [-0.2, 0) is 7.05 Å². The van der Waals surface area contributed by atoms with Gasteiger partial charge < -0.3 is 19.2 Å². The third-order valence-electron chi connectivity index (χ3n) is 3.99. The molecule has 0 aliphatic carbocycles. The molecule has 1 N–H and O–H groups in total. The highest BCUT2D eigenvalue weighted by atomic mass is 79.9. The van der Waals surface area contributed by atoms with Gasteiger partial charge in [-0.25, -0.2) is 0 Å². The van der Waals surface area contributed by atoms with Gasteiger partial charge in [0.05, 0.1) is 5.52 Å². The maximum Gasteiger partial charge on any atom is 0.268 e. The fourth-order valence-corrected chi connectivity index (χ4v) is 3.10. The number of rotatable bonds is 2. The number of piperidine rings is 1. The average molecular weight is 340 g/mol. The van der Waals surface area contributed by atoms with Crippen molar-refractivity contribution < 1.29 is 9.21 Å². The third-order valence-corrected chi connectivity index (χ3v) is 4.38. The zero-order valence-electron chi connectivity index (χ0n) is 11.6. The topological polar surface area (TPSA) is 50.4 Å². The maximum absolute atomic E-state index is 12.4. The quantitative estimate of drug-likeness (QED) is 0.913. The molecule has 20 heavy (non-hydrogen) atoms. The van der Waals surface area contributed by atoms with Crippen LogP contribution in [0.25, 0.3) is 11.1 Å². The van der Waals surface area contributed by atoms with E-state index in [0.717, 1.165) is 37.0 Å². The van der Waals surface area contributed by atoms with Crippen LogP contribution in [0.5, 0.6) is 0 Å². The molecule has 0 unspecified atom stereocenters. The van der Waals surface area contributed by atoms with E-state index in [4.69, 9.17) is 4.42 Å². The number of furan rings is 1. The molecular weight excluding hydrogens is 322 g/mol. The van der Waals surface area contributed by atoms with Crippen LogP contribution in [0.2, 0.25) is 0 Å². The molecule has 0 aromatic carbocycles. The Morgan fingerprint density at radius 2 is 2.05 bits per heavy atom. The van der Waals surface area contributed by atoms with E-state index in [1.54, 1.807) is 6.07 Å². The van der Waals surface area contributed by atoms with E-state index < -0.39 is 0 Å². The molecule has 3 heterocycles. The largest absolute Gasteiger partial charge is 0.448 e. The normalized spacial score (nSPS) is 17.8. The Balaban J connectivity index is 1.75. The number of aromatic nitrogens is 1. The summed E-state index contributed by atoms with van der Waals surface area (Å²) < 4.78 is 8.04. The minimum Gasteiger partial charge on any atom is -0.448 e. The lowest BCUT2D eigenvalue weighted by Gasteiger charge is -2.29. The summed E-state index contributed by atoms with van der Waals surface area (Å²) in [5, 5.41) is 3.12. The summed E-state index contributed by atoms with van der Waals surface area (Å²) >= 11 is 3.30. The Kier molecular flexibility index (Phi) is 3.60. The summed E-state index contributed by atoms with van der Waals surface area (Å²) in [7, 11) is 4.00. The van der Waals surface area contributed by atoms with Crippen molar-refractivity contribution in [3.8, 4) is 0 Å². The summed E-state index contributed by atoms with van der Waals surface area (Å²) in [4.78, 5) is 14.7. The van der Waals surface area contributed by atoms with Gasteiger partial charge in [-0.3, -0.25) is 4.79 Å². The highest BCUT2D eigenvalue weighted by Gasteiger charge is 2.22. The Morgan fingerprint density at radius 3 is 2.70 bits per heavy atom. The number of halogens is 1. The number of aryl methyl sites for hydroxylation is 1. The van der Waals surface area contributed by atoms with Gasteiger partial charge in [0.1, 0.15) is 5.69 Å². The summed E-state index contributed by atoms with van der Waals surface area (Å²) in [5.74, 6) is -0.0235. The fraction of sp³-hybridized carbons (Fsp3) is 0.500. The minimum atomic E-state index is -0.0235. The summed E-state index contributed by atoms with van der Waals surface area (Å²) in [6, 6.07) is 3.94. The Hall–Kier alpha value is -1.27. The lowest BCUT2D eigenvalue weighted by molar-refractivity contribution is 0.0909. The molecule has 0 radical (unpaired) electrons. The van der Waals surface area contributed by atoms with Crippen LogP contribution in [-0.4, -0.2) is 41.6 Å². The molecule has 0 spiro atoms. The Labute approximate surface area is 126 Å². The smallest absolute Gasteiger partial charge is 0.268 e. The first kappa shape index (κ1) is 13.7. The van der Waals surface area contributed by atoms with E-state index in [2.05, 4.69) is 33.2 Å². The molecule has 1 amide bonds. The van der Waals surface area contributed by atoms with E-state index in [1.807, 2.05) is 17.7 Å². The highest BCUT2D eigenvalue weighted by molar-refractivity contribution is 9.10. The first-order valence-electron chi connectivity index (χ1n) is 6.79. The van der Waals surface area contributed by atoms with E-state index in [0.29, 0.717) is 10.4 Å². The standard InChI is InChI=1S/C14H18BrN3O2/c1-17-5-3-9(4-6-17)16-14(19)11-7-12-10(18(11)2)8-13(15)20-12/h7-9H,3-6H2,1-2H3,(H,16,19). The number of amides is 1. The molecule has 0 saturated carbocycles. The van der Waals surface area contributed by atoms with Gasteiger partial charge >= 0.3 is 0 Å². The van der Waals surface area contributed by atoms with Crippen molar-refractivity contribution in [1.82, 2.24) is 14.8 Å². The molecule has 1 fully saturated rings. The van der Waals surface area contributed by atoms with Gasteiger partial charge in [-0.1, -0.05) is 0 Å². The number of likely N-dealkylation sites (tertiary alicyclic amines) is 1. The second kappa shape index (κ2) is 5.26. The number of fused-ring (bicyclic) bond motifs is 1. The van der Waals surface area contributed by atoms with Gasteiger partial charge in [-0.2, -0.15) is 0 Å². The number of nitrogens with zero attached hydrogens (tertiary/aromatic N) is 2. The van der Waals surface area contributed by atoms with Crippen LogP contribution in [0.1, 0.15) is 23.3 Å². The number of nitrogens with one attached hydrogen (secondary N) is 1. The van der Waals surface area contributed by atoms with Crippen molar-refractivity contribution in [3.63, 3.8) is 0 Å². The predicted molar refractivity (Wildman–Crippen MR) is 80.9 cm³/mol. The number of hydrogen-bond acceptors (Lipinski definition) is 3. The van der Waals surface area contributed by atoms with Crippen molar-refractivity contribution in [2.75, 3.05) is 20.1 Å². The zero-order chi connectivity index (χ0) is 14.3. The van der Waals surface area contributed by atoms with Crippen molar-refractivity contribution >= 4 is 32.9 Å². The number of hydrogen-bond donors (Lipinski definition) is 1. The van der Waals surface area contributed by atoms with Crippen molar-refractivity contribution in [3.05, 3.63) is 22.5 Å². The molecule has 0 bridgehead atoms. The molecule has 1 aliphatic heterocycles. The maximum atomic E-state index is 12.4. The molecule has 0 atom stereocenters. The molecule has 2 aromatic rings. The third kappa shape index (κ3) is 2.50. The van der Waals surface area contributed by atoms with E-state index in [9.17, 15) is 4.79 Å². The second-order valence-corrected chi connectivity index (χ2v) is 6.22. The second-order valence-electron chi connectivity index (χ2n) is 5.44. The van der Waals surface area contributed by atoms with Crippen LogP contribution in [0.15, 0.2) is 21.2 Å². The first-order valence-corrected chi connectivity index (χ1v) is 7.58. The molecular formula is C14H18BrN3O2. The Bertz CT molecular complexity index is 638. The van der Waals surface area contributed by atoms with Gasteiger partial charge in [0.25, 0.3) is 5.91 Å². The van der Waals surface area contributed by atoms with Crippen LogP contribution in [0.4, 0.5) is 0 Å². The van der Waals surface area contributed by atoms with Crippen LogP contribution >= 0.6 is 15.9 Å². The molecule has 1 aliphatic rings. The van der Waals surface area contributed by atoms with Crippen LogP contribution in [0, 0.1) is 0 Å². The van der Waals surface area contributed by atoms with Crippen molar-refractivity contribution in [1.29, 1.82) is 0 Å². The summed E-state index contributed by atoms with van der Waals surface area (Å²) in [6.07, 6.45) is 2.02. The van der Waals surface area contributed by atoms with Crippen molar-refractivity contribution in [2.24, 2.45) is 7.05 Å². The fourth-order valence-electron chi connectivity index (χ4n) is 2.71. The van der Waals surface area contributed by atoms with Crippen LogP contribution in [0.3, 0.4) is 0 Å². The zero-order valence-corrected chi connectivity index (χ0v) is 13.2. The summed E-state index contributed by atoms with van der Waals surface area (Å²) in [6.45, 7) is 2.07. The average Bonchev–Trinajstić information content (AvgIpc) is 2.91. The van der Waals surface area contributed by atoms with Gasteiger partial charge in [0, 0.05) is 25.2 Å². The van der Waals surface area contributed by atoms with E-state index in [1.165, 1.54) is 0 Å². The predicted octanol–water partition coefficient (Wildman–Crippen LogP) is 2.36. The molecule has 1 saturated heterocycles. The van der Waals surface area contributed by atoms with Gasteiger partial charge in [0.2, 0.25) is 0 Å². The number of carbonyl (C=O) groups excluding carboxylic acids is 1. The Morgan fingerprint density at radius 1 is 1.35 bits per heavy atom. The molecule has 108 valence electrons. The minimum absolute atomic E-state index is 0.0235. The molecule has 5 nitrogen and oxygen atoms in total. The highest BCUT2D eigenvalue weighted by Crippen LogP contribution is 2.26. The van der Waals surface area contributed by atoms with Crippen LogP contribution < -0.4 is 5.32 Å². The van der Waals surface area contributed by atoms with E-state index >= 15 is 0 Å². The molecule has 3 rings (SSSR count). The van der Waals surface area contributed by atoms with Gasteiger partial charge in [0.15, 0.2) is 10.3 Å². The number of carbonyl (C=O) groups is 1.